The predicted molar refractivity (Wildman–Crippen MR) is 105 cm³/mol. The normalized spacial score (nSPS) is 23.6. The Balaban J connectivity index is 1.47. The fourth-order valence-corrected chi connectivity index (χ4v) is 3.85. The van der Waals surface area contributed by atoms with Crippen LogP contribution in [0.2, 0.25) is 0 Å². The number of nitrogens with two attached hydrogens (primary N) is 1. The predicted octanol–water partition coefficient (Wildman–Crippen LogP) is 1.84. The molecule has 0 radical (unpaired) electrons. The summed E-state index contributed by atoms with van der Waals surface area (Å²) in [4.78, 5) is 33.8. The average Bonchev–Trinajstić information content (AvgIpc) is 3.23. The lowest BCUT2D eigenvalue weighted by Crippen LogP contribution is -2.48. The third-order valence-corrected chi connectivity index (χ3v) is 5.41. The van der Waals surface area contributed by atoms with Crippen molar-refractivity contribution in [3.05, 3.63) is 53.7 Å². The van der Waals surface area contributed by atoms with Crippen molar-refractivity contribution in [3.8, 4) is 0 Å². The van der Waals surface area contributed by atoms with Gasteiger partial charge in [0.1, 0.15) is 29.8 Å². The highest BCUT2D eigenvalue weighted by Crippen LogP contribution is 2.34. The first-order valence-corrected chi connectivity index (χ1v) is 9.56. The lowest BCUT2D eigenvalue weighted by molar-refractivity contribution is -0.140. The number of primary amides is 1. The molecule has 1 aromatic carbocycles. The molecule has 0 bridgehead atoms. The molecular weight excluding hydrogens is 394 g/mol. The number of anilines is 1. The quantitative estimate of drug-likeness (QED) is 0.822. The van der Waals surface area contributed by atoms with Crippen molar-refractivity contribution in [2.75, 3.05) is 18.0 Å². The molecular formula is C20H20F2N6O2. The van der Waals surface area contributed by atoms with Gasteiger partial charge in [-0.3, -0.25) is 9.59 Å². The van der Waals surface area contributed by atoms with E-state index in [4.69, 9.17) is 5.73 Å². The van der Waals surface area contributed by atoms with Crippen molar-refractivity contribution in [2.45, 2.75) is 25.1 Å². The van der Waals surface area contributed by atoms with Crippen molar-refractivity contribution < 1.29 is 18.4 Å². The van der Waals surface area contributed by atoms with Gasteiger partial charge in [0.05, 0.1) is 18.5 Å². The smallest absolute Gasteiger partial charge is 0.267 e. The summed E-state index contributed by atoms with van der Waals surface area (Å²) in [6.45, 7) is 0.279. The molecule has 0 spiro atoms. The van der Waals surface area contributed by atoms with Crippen molar-refractivity contribution in [1.82, 2.24) is 15.0 Å². The van der Waals surface area contributed by atoms with Crippen LogP contribution in [0.5, 0.6) is 0 Å². The van der Waals surface area contributed by atoms with Gasteiger partial charge in [-0.1, -0.05) is 18.2 Å². The third-order valence-electron chi connectivity index (χ3n) is 5.41. The molecule has 30 heavy (non-hydrogen) atoms. The van der Waals surface area contributed by atoms with E-state index in [0.717, 1.165) is 0 Å². The van der Waals surface area contributed by atoms with E-state index < -0.39 is 35.8 Å². The minimum Gasteiger partial charge on any atom is -0.364 e. The molecule has 1 saturated heterocycles. The van der Waals surface area contributed by atoms with Crippen LogP contribution >= 0.6 is 0 Å². The van der Waals surface area contributed by atoms with E-state index in [2.05, 4.69) is 15.1 Å². The summed E-state index contributed by atoms with van der Waals surface area (Å²) in [5.41, 5.74) is 5.62. The molecule has 1 fully saturated rings. The lowest BCUT2D eigenvalue weighted by atomic mass is 9.92. The number of hydrazone groups is 1. The number of hydrogen-bond donors (Lipinski definition) is 1. The van der Waals surface area contributed by atoms with E-state index in [-0.39, 0.29) is 18.7 Å². The van der Waals surface area contributed by atoms with E-state index >= 15 is 4.39 Å². The maximum atomic E-state index is 15.0. The summed E-state index contributed by atoms with van der Waals surface area (Å²) in [5.74, 6) is -2.12. The number of benzene rings is 1. The number of nitrogens with zero attached hydrogens (tertiary/aromatic N) is 5. The molecule has 10 heteroatoms. The summed E-state index contributed by atoms with van der Waals surface area (Å²) in [7, 11) is 0. The molecule has 8 nitrogen and oxygen atoms in total. The summed E-state index contributed by atoms with van der Waals surface area (Å²) in [6.07, 6.45) is 1.86. The Morgan fingerprint density at radius 1 is 1.20 bits per heavy atom. The monoisotopic (exact) mass is 414 g/mol. The molecule has 3 unspecified atom stereocenters. The zero-order chi connectivity index (χ0) is 21.3. The van der Waals surface area contributed by atoms with E-state index in [1.807, 2.05) is 0 Å². The van der Waals surface area contributed by atoms with Gasteiger partial charge < -0.3 is 10.6 Å². The third kappa shape index (κ3) is 3.72. The first kappa shape index (κ1) is 19.9. The van der Waals surface area contributed by atoms with Gasteiger partial charge in [0.25, 0.3) is 5.91 Å². The molecule has 3 heterocycles. The maximum Gasteiger partial charge on any atom is 0.267 e. The highest BCUT2D eigenvalue weighted by atomic mass is 19.1. The maximum absolute atomic E-state index is 15.0. The average molecular weight is 414 g/mol. The molecule has 4 rings (SSSR count). The zero-order valence-corrected chi connectivity index (χ0v) is 16.0. The Kier molecular flexibility index (Phi) is 5.39. The number of piperidine rings is 1. The summed E-state index contributed by atoms with van der Waals surface area (Å²) >= 11 is 0. The molecule has 1 aromatic heterocycles. The number of aromatic nitrogens is 2. The van der Waals surface area contributed by atoms with Crippen molar-refractivity contribution in [3.63, 3.8) is 0 Å². The van der Waals surface area contributed by atoms with Crippen LogP contribution in [0, 0.1) is 11.7 Å². The Bertz CT molecular complexity index is 1000. The number of halogens is 2. The fourth-order valence-electron chi connectivity index (χ4n) is 3.85. The molecule has 2 aromatic rings. The molecule has 0 saturated carbocycles. The van der Waals surface area contributed by atoms with E-state index in [9.17, 15) is 14.0 Å². The van der Waals surface area contributed by atoms with Gasteiger partial charge in [-0.25, -0.2) is 23.8 Å². The minimum atomic E-state index is -1.48. The second kappa shape index (κ2) is 8.13. The van der Waals surface area contributed by atoms with Gasteiger partial charge >= 0.3 is 0 Å². The molecule has 3 atom stereocenters. The number of carbonyl (C=O) groups is 2. The van der Waals surface area contributed by atoms with Gasteiger partial charge in [0.2, 0.25) is 5.91 Å². The second-order valence-corrected chi connectivity index (χ2v) is 7.24. The van der Waals surface area contributed by atoms with Crippen LogP contribution in [-0.2, 0) is 4.79 Å². The first-order valence-electron chi connectivity index (χ1n) is 9.56. The fraction of sp³-hybridized carbons (Fsp3) is 0.350. The Morgan fingerprint density at radius 3 is 2.73 bits per heavy atom. The highest BCUT2D eigenvalue weighted by Gasteiger charge is 2.41. The van der Waals surface area contributed by atoms with Crippen molar-refractivity contribution in [1.29, 1.82) is 0 Å². The van der Waals surface area contributed by atoms with Crippen LogP contribution in [0.25, 0.3) is 0 Å². The van der Waals surface area contributed by atoms with Crippen LogP contribution in [-0.4, -0.2) is 52.3 Å². The minimum absolute atomic E-state index is 0.0349. The number of hydrogen-bond acceptors (Lipinski definition) is 6. The van der Waals surface area contributed by atoms with Gasteiger partial charge in [0.15, 0.2) is 0 Å². The number of carbonyl (C=O) groups excluding carboxylic acids is 2. The Hall–Kier alpha value is -3.43. The molecule has 0 aliphatic carbocycles. The Morgan fingerprint density at radius 2 is 2.00 bits per heavy atom. The van der Waals surface area contributed by atoms with Crippen LogP contribution < -0.4 is 10.6 Å². The van der Waals surface area contributed by atoms with Gasteiger partial charge in [-0.2, -0.15) is 5.10 Å². The van der Waals surface area contributed by atoms with Crippen LogP contribution in [0.1, 0.15) is 34.9 Å². The number of rotatable bonds is 4. The summed E-state index contributed by atoms with van der Waals surface area (Å²) in [5, 5.41) is 5.29. The summed E-state index contributed by atoms with van der Waals surface area (Å²) < 4.78 is 29.2. The first-order chi connectivity index (χ1) is 14.5. The van der Waals surface area contributed by atoms with Gasteiger partial charge in [-0.05, 0) is 12.5 Å². The van der Waals surface area contributed by atoms with Gasteiger partial charge in [-0.15, -0.1) is 0 Å². The molecule has 2 aliphatic heterocycles. The lowest BCUT2D eigenvalue weighted by Gasteiger charge is -2.36. The van der Waals surface area contributed by atoms with Crippen LogP contribution in [0.4, 0.5) is 14.6 Å². The largest absolute Gasteiger partial charge is 0.364 e. The highest BCUT2D eigenvalue weighted by molar-refractivity contribution is 5.91. The molecule has 156 valence electrons. The van der Waals surface area contributed by atoms with E-state index in [0.29, 0.717) is 24.3 Å². The van der Waals surface area contributed by atoms with Crippen molar-refractivity contribution >= 4 is 23.8 Å². The van der Waals surface area contributed by atoms with Gasteiger partial charge in [0, 0.05) is 30.8 Å². The van der Waals surface area contributed by atoms with Crippen molar-refractivity contribution in [2.24, 2.45) is 16.8 Å². The standard InChI is InChI=1S/C20H20F2N6O2/c21-14-4-2-1-3-12(14)17-5-7-26-28(17)20(30)13-6-8-27(10-15(13)22)18-9-16(19(23)29)24-11-25-18/h1-4,7,9,11,13,15,17H,5-6,8,10H2,(H2,23,29). The van der Waals surface area contributed by atoms with E-state index in [1.165, 1.54) is 23.5 Å². The molecule has 2 N–H and O–H groups in total. The SMILES string of the molecule is NC(=O)c1cc(N2CCC(C(=O)N3N=CCC3c3ccccc3F)C(F)C2)ncn1. The number of alkyl halides is 1. The zero-order valence-electron chi connectivity index (χ0n) is 16.0. The van der Waals surface area contributed by atoms with Crippen LogP contribution in [0.15, 0.2) is 41.8 Å². The number of amides is 2. The summed E-state index contributed by atoms with van der Waals surface area (Å²) in [6, 6.07) is 7.02. The molecule has 2 amide bonds. The topological polar surface area (TPSA) is 105 Å². The Labute approximate surface area is 171 Å². The molecule has 2 aliphatic rings. The van der Waals surface area contributed by atoms with E-state index in [1.54, 1.807) is 29.3 Å². The van der Waals surface area contributed by atoms with Crippen LogP contribution in [0.3, 0.4) is 0 Å². The second-order valence-electron chi connectivity index (χ2n) is 7.24.